The van der Waals surface area contributed by atoms with Crippen LogP contribution in [0.4, 0.5) is 0 Å². The van der Waals surface area contributed by atoms with Crippen LogP contribution in [0.15, 0.2) is 12.2 Å². The fraction of sp³-hybridized carbons (Fsp3) is 0.700. The molecule has 0 aromatic rings. The second-order valence-electron chi connectivity index (χ2n) is 3.72. The number of rotatable bonds is 2. The summed E-state index contributed by atoms with van der Waals surface area (Å²) in [7, 11) is 0. The van der Waals surface area contributed by atoms with Crippen molar-refractivity contribution in [2.24, 2.45) is 5.92 Å². The van der Waals surface area contributed by atoms with Crippen LogP contribution in [-0.2, 0) is 9.53 Å². The van der Waals surface area contributed by atoms with Gasteiger partial charge in [0.2, 0.25) is 5.91 Å². The van der Waals surface area contributed by atoms with E-state index in [0.717, 1.165) is 19.3 Å². The zero-order valence-electron chi connectivity index (χ0n) is 7.66. The third-order valence-corrected chi connectivity index (χ3v) is 2.62. The molecule has 2 aliphatic rings. The minimum atomic E-state index is 0.117. The lowest BCUT2D eigenvalue weighted by molar-refractivity contribution is -0.139. The molecule has 1 N–H and O–H groups in total. The second-order valence-corrected chi connectivity index (χ2v) is 3.72. The molecule has 0 aromatic carbocycles. The molecule has 13 heavy (non-hydrogen) atoms. The van der Waals surface area contributed by atoms with Crippen molar-refractivity contribution in [1.82, 2.24) is 5.32 Å². The van der Waals surface area contributed by atoms with Crippen molar-refractivity contribution in [1.29, 1.82) is 0 Å². The maximum Gasteiger partial charge on any atom is 0.228 e. The molecule has 1 aliphatic heterocycles. The number of allylic oxidation sites excluding steroid dienone is 1. The summed E-state index contributed by atoms with van der Waals surface area (Å²) in [6.45, 7) is 1.21. The Kier molecular flexibility index (Phi) is 2.64. The molecule has 2 rings (SSSR count). The van der Waals surface area contributed by atoms with Gasteiger partial charge in [-0.15, -0.1) is 0 Å². The molecule has 3 heteroatoms. The average Bonchev–Trinajstić information content (AvgIpc) is 2.02. The summed E-state index contributed by atoms with van der Waals surface area (Å²) >= 11 is 0. The summed E-state index contributed by atoms with van der Waals surface area (Å²) in [6.07, 6.45) is 7.47. The first-order chi connectivity index (χ1) is 6.36. The smallest absolute Gasteiger partial charge is 0.228 e. The van der Waals surface area contributed by atoms with E-state index in [2.05, 4.69) is 17.5 Å². The summed E-state index contributed by atoms with van der Waals surface area (Å²) in [5.41, 5.74) is 0. The maximum absolute atomic E-state index is 11.5. The number of carbonyl (C=O) groups is 1. The van der Waals surface area contributed by atoms with Gasteiger partial charge in [-0.25, -0.2) is 0 Å². The first kappa shape index (κ1) is 8.75. The standard InChI is InChI=1S/C10H15NO2/c12-10(8-6-13-7-8)11-9-4-2-1-3-5-9/h1-2,8-9H,3-7H2,(H,11,12). The van der Waals surface area contributed by atoms with Gasteiger partial charge in [0.25, 0.3) is 0 Å². The van der Waals surface area contributed by atoms with E-state index in [1.165, 1.54) is 0 Å². The molecule has 0 radical (unpaired) electrons. The Bertz CT molecular complexity index is 221. The quantitative estimate of drug-likeness (QED) is 0.641. The highest BCUT2D eigenvalue weighted by atomic mass is 16.5. The molecule has 1 aliphatic carbocycles. The lowest BCUT2D eigenvalue weighted by Crippen LogP contribution is -2.46. The largest absolute Gasteiger partial charge is 0.380 e. The molecule has 1 fully saturated rings. The number of hydrogen-bond donors (Lipinski definition) is 1. The van der Waals surface area contributed by atoms with Crippen LogP contribution in [0.25, 0.3) is 0 Å². The molecule has 1 atom stereocenters. The summed E-state index contributed by atoms with van der Waals surface area (Å²) in [4.78, 5) is 11.5. The molecule has 0 aromatic heterocycles. The van der Waals surface area contributed by atoms with Crippen LogP contribution in [0.5, 0.6) is 0 Å². The normalized spacial score (nSPS) is 28.2. The molecule has 1 unspecified atom stereocenters. The predicted octanol–water partition coefficient (Wildman–Crippen LogP) is 0.858. The number of carbonyl (C=O) groups excluding carboxylic acids is 1. The van der Waals surface area contributed by atoms with Crippen molar-refractivity contribution in [2.45, 2.75) is 25.3 Å². The van der Waals surface area contributed by atoms with Crippen LogP contribution in [0, 0.1) is 5.92 Å². The van der Waals surface area contributed by atoms with E-state index in [1.54, 1.807) is 0 Å². The number of hydrogen-bond acceptors (Lipinski definition) is 2. The van der Waals surface area contributed by atoms with E-state index in [0.29, 0.717) is 19.3 Å². The van der Waals surface area contributed by atoms with Gasteiger partial charge in [-0.3, -0.25) is 4.79 Å². The van der Waals surface area contributed by atoms with E-state index in [1.807, 2.05) is 0 Å². The molecule has 1 heterocycles. The van der Waals surface area contributed by atoms with E-state index >= 15 is 0 Å². The summed E-state index contributed by atoms with van der Waals surface area (Å²) in [5.74, 6) is 0.289. The van der Waals surface area contributed by atoms with Crippen molar-refractivity contribution in [2.75, 3.05) is 13.2 Å². The Morgan fingerprint density at radius 2 is 2.23 bits per heavy atom. The van der Waals surface area contributed by atoms with Gasteiger partial charge in [-0.2, -0.15) is 0 Å². The zero-order chi connectivity index (χ0) is 9.10. The molecule has 0 spiro atoms. The van der Waals surface area contributed by atoms with E-state index in [4.69, 9.17) is 4.74 Å². The Hall–Kier alpha value is -0.830. The van der Waals surface area contributed by atoms with E-state index in [9.17, 15) is 4.79 Å². The van der Waals surface area contributed by atoms with E-state index in [-0.39, 0.29) is 11.8 Å². The van der Waals surface area contributed by atoms with Gasteiger partial charge in [-0.05, 0) is 19.3 Å². The lowest BCUT2D eigenvalue weighted by atomic mass is 10.0. The van der Waals surface area contributed by atoms with Crippen molar-refractivity contribution < 1.29 is 9.53 Å². The minimum absolute atomic E-state index is 0.117. The number of amides is 1. The third-order valence-electron chi connectivity index (χ3n) is 2.62. The molecule has 1 saturated heterocycles. The molecule has 3 nitrogen and oxygen atoms in total. The van der Waals surface area contributed by atoms with Crippen LogP contribution < -0.4 is 5.32 Å². The fourth-order valence-corrected chi connectivity index (χ4v) is 1.63. The van der Waals surface area contributed by atoms with Crippen molar-refractivity contribution in [3.8, 4) is 0 Å². The highest BCUT2D eigenvalue weighted by Crippen LogP contribution is 2.14. The van der Waals surface area contributed by atoms with Gasteiger partial charge in [-0.1, -0.05) is 12.2 Å². The van der Waals surface area contributed by atoms with Crippen LogP contribution in [0.1, 0.15) is 19.3 Å². The second kappa shape index (κ2) is 3.92. The first-order valence-electron chi connectivity index (χ1n) is 4.89. The van der Waals surface area contributed by atoms with Gasteiger partial charge in [0.15, 0.2) is 0 Å². The molecular weight excluding hydrogens is 166 g/mol. The molecule has 0 bridgehead atoms. The van der Waals surface area contributed by atoms with Crippen LogP contribution in [0.3, 0.4) is 0 Å². The number of nitrogens with one attached hydrogen (secondary N) is 1. The fourth-order valence-electron chi connectivity index (χ4n) is 1.63. The summed E-state index contributed by atoms with van der Waals surface area (Å²) < 4.78 is 4.97. The van der Waals surface area contributed by atoms with Crippen molar-refractivity contribution in [3.63, 3.8) is 0 Å². The van der Waals surface area contributed by atoms with Crippen LogP contribution in [-0.4, -0.2) is 25.2 Å². The van der Waals surface area contributed by atoms with E-state index < -0.39 is 0 Å². The highest BCUT2D eigenvalue weighted by Gasteiger charge is 2.27. The minimum Gasteiger partial charge on any atom is -0.380 e. The lowest BCUT2D eigenvalue weighted by Gasteiger charge is -2.28. The van der Waals surface area contributed by atoms with Gasteiger partial charge >= 0.3 is 0 Å². The Morgan fingerprint density at radius 3 is 2.77 bits per heavy atom. The molecule has 1 amide bonds. The SMILES string of the molecule is O=C(NC1CC=CCC1)C1COC1. The van der Waals surface area contributed by atoms with Gasteiger partial charge < -0.3 is 10.1 Å². The Balaban J connectivity index is 1.76. The maximum atomic E-state index is 11.5. The molecule has 0 saturated carbocycles. The number of ether oxygens (including phenoxy) is 1. The highest BCUT2D eigenvalue weighted by molar-refractivity contribution is 5.79. The predicted molar refractivity (Wildman–Crippen MR) is 49.2 cm³/mol. The average molecular weight is 181 g/mol. The topological polar surface area (TPSA) is 38.3 Å². The zero-order valence-corrected chi connectivity index (χ0v) is 7.66. The van der Waals surface area contributed by atoms with Crippen molar-refractivity contribution in [3.05, 3.63) is 12.2 Å². The molecular formula is C10H15NO2. The molecule has 72 valence electrons. The summed E-state index contributed by atoms with van der Waals surface area (Å²) in [5, 5.41) is 3.05. The van der Waals surface area contributed by atoms with Crippen LogP contribution >= 0.6 is 0 Å². The summed E-state index contributed by atoms with van der Waals surface area (Å²) in [6, 6.07) is 0.359. The Morgan fingerprint density at radius 1 is 1.38 bits per heavy atom. The Labute approximate surface area is 78.1 Å². The monoisotopic (exact) mass is 181 g/mol. The van der Waals surface area contributed by atoms with Crippen molar-refractivity contribution >= 4 is 5.91 Å². The third kappa shape index (κ3) is 2.10. The van der Waals surface area contributed by atoms with Crippen LogP contribution in [0.2, 0.25) is 0 Å². The first-order valence-corrected chi connectivity index (χ1v) is 4.89. The van der Waals surface area contributed by atoms with Gasteiger partial charge in [0.1, 0.15) is 0 Å². The van der Waals surface area contributed by atoms with Gasteiger partial charge in [0, 0.05) is 6.04 Å². The van der Waals surface area contributed by atoms with Gasteiger partial charge in [0.05, 0.1) is 19.1 Å².